The van der Waals surface area contributed by atoms with Crippen LogP contribution in [-0.4, -0.2) is 38.8 Å². The summed E-state index contributed by atoms with van der Waals surface area (Å²) >= 11 is 0. The van der Waals surface area contributed by atoms with E-state index in [0.29, 0.717) is 6.42 Å². The lowest BCUT2D eigenvalue weighted by Crippen LogP contribution is -2.57. The van der Waals surface area contributed by atoms with E-state index in [1.165, 1.54) is 42.9 Å². The number of nitrogens with two attached hydrogens (primary N) is 1. The van der Waals surface area contributed by atoms with Crippen LogP contribution < -0.4 is 10.9 Å². The summed E-state index contributed by atoms with van der Waals surface area (Å²) in [6.45, 7) is 10.7. The molecule has 0 aromatic heterocycles. The molecule has 0 unspecified atom stereocenters. The van der Waals surface area contributed by atoms with Gasteiger partial charge in [-0.15, -0.1) is 0 Å². The third-order valence-corrected chi connectivity index (χ3v) is 9.46. The van der Waals surface area contributed by atoms with Gasteiger partial charge in [0.1, 0.15) is 0 Å². The molecule has 0 aliphatic carbocycles. The van der Waals surface area contributed by atoms with E-state index >= 15 is 0 Å². The maximum absolute atomic E-state index is 12.4. The van der Waals surface area contributed by atoms with Crippen molar-refractivity contribution in [2.75, 3.05) is 13.2 Å². The third kappa shape index (κ3) is 8.77. The summed E-state index contributed by atoms with van der Waals surface area (Å²) in [5.41, 5.74) is 5.86. The largest absolute Gasteiger partial charge is 0.464 e. The normalized spacial score (nSPS) is 11.9. The van der Waals surface area contributed by atoms with E-state index in [4.69, 9.17) is 15.2 Å². The summed E-state index contributed by atoms with van der Waals surface area (Å²) in [6.07, 6.45) is 8.53. The van der Waals surface area contributed by atoms with Gasteiger partial charge in [-0.2, -0.15) is 0 Å². The Balaban J connectivity index is 2.67. The molecule has 0 fully saturated rings. The fourth-order valence-corrected chi connectivity index (χ4v) is 6.23. The average Bonchev–Trinajstić information content (AvgIpc) is 2.74. The average molecular weight is 450 g/mol. The molecule has 0 saturated carbocycles. The van der Waals surface area contributed by atoms with Crippen molar-refractivity contribution in [2.45, 2.75) is 96.8 Å². The summed E-state index contributed by atoms with van der Waals surface area (Å²) in [4.78, 5) is 24.7. The number of rotatable bonds is 15. The summed E-state index contributed by atoms with van der Waals surface area (Å²) in [6, 6.07) is 9.98. The Hall–Kier alpha value is -1.66. The van der Waals surface area contributed by atoms with E-state index in [1.54, 1.807) is 13.8 Å². The standard InChI is InChI=1S/C25H43NO4Si/c1-6-9-10-11-12-14-21-15-17-22(18-16-21)31(4,5)20-13-19-25(26,23(27)29-7-2)24(28)30-8-3/h15-18H,6-14,19-20,26H2,1-5H3. The molecule has 1 aromatic carbocycles. The minimum Gasteiger partial charge on any atom is -0.464 e. The number of unbranched alkanes of at least 4 members (excludes halogenated alkanes) is 4. The van der Waals surface area contributed by atoms with Gasteiger partial charge < -0.3 is 15.2 Å². The first kappa shape index (κ1) is 27.4. The van der Waals surface area contributed by atoms with Crippen LogP contribution in [0.3, 0.4) is 0 Å². The van der Waals surface area contributed by atoms with Crippen molar-refractivity contribution in [1.29, 1.82) is 0 Å². The Morgan fingerprint density at radius 1 is 0.871 bits per heavy atom. The van der Waals surface area contributed by atoms with Crippen molar-refractivity contribution in [3.63, 3.8) is 0 Å². The van der Waals surface area contributed by atoms with Crippen LogP contribution in [0.4, 0.5) is 0 Å². The van der Waals surface area contributed by atoms with Gasteiger partial charge in [0.15, 0.2) is 0 Å². The maximum atomic E-state index is 12.4. The minimum absolute atomic E-state index is 0.183. The van der Waals surface area contributed by atoms with Crippen LogP contribution in [0.25, 0.3) is 0 Å². The molecule has 5 nitrogen and oxygen atoms in total. The highest BCUT2D eigenvalue weighted by atomic mass is 28.3. The number of esters is 2. The number of hydrogen-bond donors (Lipinski definition) is 1. The Bertz CT molecular complexity index is 655. The van der Waals surface area contributed by atoms with E-state index in [1.807, 2.05) is 0 Å². The molecule has 0 aliphatic heterocycles. The lowest BCUT2D eigenvalue weighted by atomic mass is 9.95. The van der Waals surface area contributed by atoms with Crippen molar-refractivity contribution in [2.24, 2.45) is 5.73 Å². The Kier molecular flexibility index (Phi) is 12.1. The number of hydrogen-bond acceptors (Lipinski definition) is 5. The molecular weight excluding hydrogens is 406 g/mol. The first-order chi connectivity index (χ1) is 14.7. The van der Waals surface area contributed by atoms with Crippen molar-refractivity contribution in [3.8, 4) is 0 Å². The van der Waals surface area contributed by atoms with Gasteiger partial charge in [0, 0.05) is 0 Å². The second-order valence-corrected chi connectivity index (χ2v) is 13.9. The van der Waals surface area contributed by atoms with Crippen molar-refractivity contribution >= 4 is 25.2 Å². The van der Waals surface area contributed by atoms with Gasteiger partial charge in [-0.05, 0) is 38.7 Å². The Labute approximate surface area is 190 Å². The molecule has 1 aromatic rings. The third-order valence-electron chi connectivity index (χ3n) is 5.96. The van der Waals surface area contributed by atoms with E-state index in [0.717, 1.165) is 12.5 Å². The number of carbonyl (C=O) groups excluding carboxylic acids is 2. The molecular formula is C25H43NO4Si. The van der Waals surface area contributed by atoms with Crippen LogP contribution in [0, 0.1) is 0 Å². The predicted molar refractivity (Wildman–Crippen MR) is 130 cm³/mol. The first-order valence-electron chi connectivity index (χ1n) is 11.9. The molecule has 176 valence electrons. The number of aryl methyl sites for hydroxylation is 1. The Morgan fingerprint density at radius 2 is 1.42 bits per heavy atom. The van der Waals surface area contributed by atoms with E-state index in [9.17, 15) is 9.59 Å². The van der Waals surface area contributed by atoms with E-state index < -0.39 is 25.6 Å². The highest BCUT2D eigenvalue weighted by Gasteiger charge is 2.45. The first-order valence-corrected chi connectivity index (χ1v) is 15.1. The number of carbonyl (C=O) groups is 2. The highest BCUT2D eigenvalue weighted by Crippen LogP contribution is 2.21. The summed E-state index contributed by atoms with van der Waals surface area (Å²) in [5.74, 6) is -1.40. The Morgan fingerprint density at radius 3 is 1.94 bits per heavy atom. The lowest BCUT2D eigenvalue weighted by Gasteiger charge is -2.28. The monoisotopic (exact) mass is 449 g/mol. The second-order valence-electron chi connectivity index (χ2n) is 9.01. The van der Waals surface area contributed by atoms with Gasteiger partial charge in [-0.3, -0.25) is 0 Å². The minimum atomic E-state index is -1.72. The smallest absolute Gasteiger partial charge is 0.337 e. The molecule has 0 bridgehead atoms. The highest BCUT2D eigenvalue weighted by molar-refractivity contribution is 6.89. The maximum Gasteiger partial charge on any atom is 0.337 e. The van der Waals surface area contributed by atoms with E-state index in [-0.39, 0.29) is 19.6 Å². The molecule has 0 amide bonds. The SMILES string of the molecule is CCCCCCCc1ccc([Si](C)(C)CCCC(N)(C(=O)OCC)C(=O)OCC)cc1. The van der Waals surface area contributed by atoms with Crippen LogP contribution in [0.1, 0.15) is 71.3 Å². The zero-order valence-electron chi connectivity index (χ0n) is 20.3. The van der Waals surface area contributed by atoms with Gasteiger partial charge in [-0.25, -0.2) is 9.59 Å². The molecule has 0 atom stereocenters. The molecule has 31 heavy (non-hydrogen) atoms. The summed E-state index contributed by atoms with van der Waals surface area (Å²) < 4.78 is 10.1. The molecule has 2 N–H and O–H groups in total. The van der Waals surface area contributed by atoms with E-state index in [2.05, 4.69) is 44.3 Å². The topological polar surface area (TPSA) is 78.6 Å². The fourth-order valence-electron chi connectivity index (χ4n) is 3.82. The van der Waals surface area contributed by atoms with Crippen LogP contribution in [-0.2, 0) is 25.5 Å². The van der Waals surface area contributed by atoms with Crippen LogP contribution in [0.5, 0.6) is 0 Å². The zero-order chi connectivity index (χ0) is 23.3. The van der Waals surface area contributed by atoms with Crippen molar-refractivity contribution < 1.29 is 19.1 Å². The van der Waals surface area contributed by atoms with Gasteiger partial charge in [0.05, 0.1) is 21.3 Å². The van der Waals surface area contributed by atoms with Crippen molar-refractivity contribution in [1.82, 2.24) is 0 Å². The molecule has 0 radical (unpaired) electrons. The van der Waals surface area contributed by atoms with Gasteiger partial charge >= 0.3 is 11.9 Å². The van der Waals surface area contributed by atoms with Crippen LogP contribution >= 0.6 is 0 Å². The molecule has 0 saturated heterocycles. The molecule has 0 heterocycles. The molecule has 0 aliphatic rings. The molecule has 1 rings (SSSR count). The second kappa shape index (κ2) is 13.7. The van der Waals surface area contributed by atoms with Gasteiger partial charge in [0.2, 0.25) is 5.54 Å². The van der Waals surface area contributed by atoms with Crippen LogP contribution in [0.2, 0.25) is 19.1 Å². The lowest BCUT2D eigenvalue weighted by molar-refractivity contribution is -0.164. The molecule has 6 heteroatoms. The van der Waals surface area contributed by atoms with Crippen molar-refractivity contribution in [3.05, 3.63) is 29.8 Å². The summed E-state index contributed by atoms with van der Waals surface area (Å²) in [5, 5.41) is 1.39. The van der Waals surface area contributed by atoms with Gasteiger partial charge in [0.25, 0.3) is 0 Å². The quantitative estimate of drug-likeness (QED) is 0.181. The number of ether oxygens (including phenoxy) is 2. The van der Waals surface area contributed by atoms with Gasteiger partial charge in [-0.1, -0.05) is 87.6 Å². The molecule has 0 spiro atoms. The zero-order valence-corrected chi connectivity index (χ0v) is 21.3. The number of benzene rings is 1. The fraction of sp³-hybridized carbons (Fsp3) is 0.680. The predicted octanol–water partition coefficient (Wildman–Crippen LogP) is 4.72. The summed E-state index contributed by atoms with van der Waals surface area (Å²) in [7, 11) is -1.72. The van der Waals surface area contributed by atoms with Crippen LogP contribution in [0.15, 0.2) is 24.3 Å².